The topological polar surface area (TPSA) is 40.6 Å². The Bertz CT molecular complexity index is 528. The number of carbonyl (C=O) groups is 2. The zero-order chi connectivity index (χ0) is 16.1. The van der Waals surface area contributed by atoms with Crippen LogP contribution in [0.4, 0.5) is 0 Å². The van der Waals surface area contributed by atoms with Crippen LogP contribution in [-0.2, 0) is 15.3 Å². The van der Waals surface area contributed by atoms with Gasteiger partial charge in [0.1, 0.15) is 6.04 Å². The van der Waals surface area contributed by atoms with E-state index in [1.807, 2.05) is 0 Å². The van der Waals surface area contributed by atoms with Gasteiger partial charge in [0.25, 0.3) is 0 Å². The van der Waals surface area contributed by atoms with Crippen LogP contribution in [0.1, 0.15) is 24.0 Å². The third-order valence-electron chi connectivity index (χ3n) is 3.91. The number of hydrogen-bond donors (Lipinski definition) is 0. The molecule has 0 aliphatic carbocycles. The van der Waals surface area contributed by atoms with Crippen LogP contribution in [0.25, 0.3) is 0 Å². The SMILES string of the molecule is Cc1ccc(CSCC(=O)N2CCCC2C(=O)N(C)C)cc1. The van der Waals surface area contributed by atoms with Crippen LogP contribution in [0.3, 0.4) is 0 Å². The zero-order valence-corrected chi connectivity index (χ0v) is 14.4. The van der Waals surface area contributed by atoms with Gasteiger partial charge in [0.2, 0.25) is 11.8 Å². The van der Waals surface area contributed by atoms with Gasteiger partial charge in [0.05, 0.1) is 5.75 Å². The van der Waals surface area contributed by atoms with Gasteiger partial charge in [-0.2, -0.15) is 0 Å². The molecule has 1 aliphatic rings. The molecule has 1 aromatic carbocycles. The number of rotatable bonds is 5. The lowest BCUT2D eigenvalue weighted by atomic mass is 10.2. The van der Waals surface area contributed by atoms with Crippen LogP contribution in [-0.4, -0.2) is 54.0 Å². The smallest absolute Gasteiger partial charge is 0.244 e. The number of aryl methyl sites for hydroxylation is 1. The molecular formula is C17H24N2O2S. The molecule has 2 rings (SSSR count). The van der Waals surface area contributed by atoms with Crippen molar-refractivity contribution in [2.75, 3.05) is 26.4 Å². The zero-order valence-electron chi connectivity index (χ0n) is 13.5. The number of carbonyl (C=O) groups excluding carboxylic acids is 2. The van der Waals surface area contributed by atoms with Crippen LogP contribution >= 0.6 is 11.8 Å². The second kappa shape index (κ2) is 7.68. The van der Waals surface area contributed by atoms with E-state index in [1.165, 1.54) is 11.1 Å². The van der Waals surface area contributed by atoms with Gasteiger partial charge in [0.15, 0.2) is 0 Å². The molecule has 0 N–H and O–H groups in total. The normalized spacial score (nSPS) is 17.6. The molecule has 4 nitrogen and oxygen atoms in total. The molecule has 1 fully saturated rings. The summed E-state index contributed by atoms with van der Waals surface area (Å²) in [5.41, 5.74) is 2.47. The van der Waals surface area contributed by atoms with Crippen molar-refractivity contribution >= 4 is 23.6 Å². The summed E-state index contributed by atoms with van der Waals surface area (Å²) in [6, 6.07) is 8.11. The standard InChI is InChI=1S/C17H24N2O2S/c1-13-6-8-14(9-7-13)11-22-12-16(20)19-10-4-5-15(19)17(21)18(2)3/h6-9,15H,4-5,10-12H2,1-3H3. The van der Waals surface area contributed by atoms with E-state index < -0.39 is 0 Å². The highest BCUT2D eigenvalue weighted by Crippen LogP contribution is 2.21. The fourth-order valence-electron chi connectivity index (χ4n) is 2.64. The Morgan fingerprint density at radius 3 is 2.59 bits per heavy atom. The van der Waals surface area contributed by atoms with Crippen LogP contribution < -0.4 is 0 Å². The molecule has 0 radical (unpaired) electrons. The molecule has 0 saturated carbocycles. The van der Waals surface area contributed by atoms with E-state index in [-0.39, 0.29) is 17.9 Å². The Kier molecular flexibility index (Phi) is 5.89. The van der Waals surface area contributed by atoms with Crippen molar-refractivity contribution in [1.29, 1.82) is 0 Å². The number of nitrogens with zero attached hydrogens (tertiary/aromatic N) is 2. The van der Waals surface area contributed by atoms with Crippen LogP contribution in [0, 0.1) is 6.92 Å². The third kappa shape index (κ3) is 4.26. The fraction of sp³-hybridized carbons (Fsp3) is 0.529. The van der Waals surface area contributed by atoms with Crippen molar-refractivity contribution in [3.8, 4) is 0 Å². The van der Waals surface area contributed by atoms with Gasteiger partial charge in [-0.3, -0.25) is 9.59 Å². The van der Waals surface area contributed by atoms with Crippen LogP contribution in [0.5, 0.6) is 0 Å². The van der Waals surface area contributed by atoms with Gasteiger partial charge in [-0.05, 0) is 25.3 Å². The lowest BCUT2D eigenvalue weighted by Crippen LogP contribution is -2.46. The third-order valence-corrected chi connectivity index (χ3v) is 4.90. The van der Waals surface area contributed by atoms with E-state index >= 15 is 0 Å². The molecule has 2 amide bonds. The summed E-state index contributed by atoms with van der Waals surface area (Å²) in [5.74, 6) is 1.38. The molecule has 22 heavy (non-hydrogen) atoms. The molecule has 5 heteroatoms. The summed E-state index contributed by atoms with van der Waals surface area (Å²) in [5, 5.41) is 0. The summed E-state index contributed by atoms with van der Waals surface area (Å²) in [6.07, 6.45) is 1.70. The second-order valence-corrected chi connectivity index (χ2v) is 6.94. The monoisotopic (exact) mass is 320 g/mol. The first-order valence-electron chi connectivity index (χ1n) is 7.63. The van der Waals surface area contributed by atoms with Crippen molar-refractivity contribution in [3.05, 3.63) is 35.4 Å². The van der Waals surface area contributed by atoms with Crippen molar-refractivity contribution in [3.63, 3.8) is 0 Å². The summed E-state index contributed by atoms with van der Waals surface area (Å²) >= 11 is 1.61. The maximum Gasteiger partial charge on any atom is 0.244 e. The fourth-order valence-corrected chi connectivity index (χ4v) is 3.51. The molecule has 0 spiro atoms. The Labute approximate surface area is 136 Å². The number of likely N-dealkylation sites (tertiary alicyclic amines) is 1. The van der Waals surface area contributed by atoms with Crippen LogP contribution in [0.2, 0.25) is 0 Å². The Hall–Kier alpha value is -1.49. The highest BCUT2D eigenvalue weighted by Gasteiger charge is 2.34. The molecule has 1 heterocycles. The molecule has 1 saturated heterocycles. The highest BCUT2D eigenvalue weighted by atomic mass is 32.2. The van der Waals surface area contributed by atoms with Crippen LogP contribution in [0.15, 0.2) is 24.3 Å². The number of hydrogen-bond acceptors (Lipinski definition) is 3. The second-order valence-electron chi connectivity index (χ2n) is 5.96. The molecule has 0 bridgehead atoms. The van der Waals surface area contributed by atoms with Gasteiger partial charge in [-0.25, -0.2) is 0 Å². The first-order valence-corrected chi connectivity index (χ1v) is 8.78. The average molecular weight is 320 g/mol. The minimum absolute atomic E-state index is 0.0365. The minimum atomic E-state index is -0.262. The van der Waals surface area contributed by atoms with Gasteiger partial charge in [-0.15, -0.1) is 11.8 Å². The van der Waals surface area contributed by atoms with Crippen molar-refractivity contribution in [2.45, 2.75) is 31.6 Å². The minimum Gasteiger partial charge on any atom is -0.347 e. The average Bonchev–Trinajstić information content (AvgIpc) is 2.97. The molecular weight excluding hydrogens is 296 g/mol. The number of likely N-dealkylation sites (N-methyl/N-ethyl adjacent to an activating group) is 1. The Morgan fingerprint density at radius 2 is 1.95 bits per heavy atom. The number of benzene rings is 1. The van der Waals surface area contributed by atoms with Gasteiger partial charge >= 0.3 is 0 Å². The quantitative estimate of drug-likeness (QED) is 0.836. The maximum atomic E-state index is 12.4. The highest BCUT2D eigenvalue weighted by molar-refractivity contribution is 7.99. The van der Waals surface area contributed by atoms with E-state index in [2.05, 4.69) is 31.2 Å². The largest absolute Gasteiger partial charge is 0.347 e. The van der Waals surface area contributed by atoms with E-state index in [4.69, 9.17) is 0 Å². The molecule has 0 aromatic heterocycles. The number of thioether (sulfide) groups is 1. The van der Waals surface area contributed by atoms with Crippen molar-refractivity contribution in [2.24, 2.45) is 0 Å². The molecule has 1 unspecified atom stereocenters. The van der Waals surface area contributed by atoms with E-state index in [0.29, 0.717) is 12.3 Å². The van der Waals surface area contributed by atoms with Crippen molar-refractivity contribution < 1.29 is 9.59 Å². The lowest BCUT2D eigenvalue weighted by molar-refractivity contribution is -0.140. The summed E-state index contributed by atoms with van der Waals surface area (Å²) in [4.78, 5) is 27.8. The van der Waals surface area contributed by atoms with Gasteiger partial charge in [0, 0.05) is 26.4 Å². The van der Waals surface area contributed by atoms with Gasteiger partial charge in [-0.1, -0.05) is 29.8 Å². The summed E-state index contributed by atoms with van der Waals surface area (Å²) in [6.45, 7) is 2.77. The van der Waals surface area contributed by atoms with Crippen molar-refractivity contribution in [1.82, 2.24) is 9.80 Å². The molecule has 1 atom stereocenters. The van der Waals surface area contributed by atoms with E-state index in [9.17, 15) is 9.59 Å². The Morgan fingerprint density at radius 1 is 1.27 bits per heavy atom. The summed E-state index contributed by atoms with van der Waals surface area (Å²) < 4.78 is 0. The van der Waals surface area contributed by atoms with E-state index in [1.54, 1.807) is 35.7 Å². The molecule has 120 valence electrons. The first-order chi connectivity index (χ1) is 10.5. The van der Waals surface area contributed by atoms with E-state index in [0.717, 1.165) is 18.6 Å². The predicted octanol–water partition coefficient (Wildman–Crippen LogP) is 2.31. The first kappa shape index (κ1) is 16.9. The lowest BCUT2D eigenvalue weighted by Gasteiger charge is -2.26. The molecule has 1 aromatic rings. The predicted molar refractivity (Wildman–Crippen MR) is 90.8 cm³/mol. The number of amides is 2. The van der Waals surface area contributed by atoms with Gasteiger partial charge < -0.3 is 9.80 Å². The summed E-state index contributed by atoms with van der Waals surface area (Å²) in [7, 11) is 3.49. The maximum absolute atomic E-state index is 12.4. The molecule has 1 aliphatic heterocycles. The Balaban J connectivity index is 1.83.